The number of likely N-dealkylation sites (N-methyl/N-ethyl adjacent to an activating group) is 4. The number of ether oxygens (including phenoxy) is 12. The number of carbonyl (C=O) groups excluding carboxylic acids is 3. The van der Waals surface area contributed by atoms with Gasteiger partial charge in [-0.3, -0.25) is 14.4 Å². The molecule has 123 heavy (non-hydrogen) atoms. The zero-order valence-electron chi connectivity index (χ0n) is 79.8. The van der Waals surface area contributed by atoms with Crippen molar-refractivity contribution >= 4 is 17.8 Å². The zero-order valence-corrected chi connectivity index (χ0v) is 79.8. The van der Waals surface area contributed by atoms with Crippen molar-refractivity contribution in [2.24, 2.45) is 35.5 Å². The maximum atomic E-state index is 14.5. The van der Waals surface area contributed by atoms with Gasteiger partial charge >= 0.3 is 11.9 Å². The third kappa shape index (κ3) is 29.9. The number of nitrogens with zero attached hydrogens (tertiary/aromatic N) is 3. The number of nitrogens with one attached hydrogen (secondary N) is 1. The molecule has 6 aliphatic rings. The van der Waals surface area contributed by atoms with E-state index in [-0.39, 0.29) is 74.8 Å². The highest BCUT2D eigenvalue weighted by Gasteiger charge is 2.57. The van der Waals surface area contributed by atoms with E-state index < -0.39 is 204 Å². The first-order valence-electron chi connectivity index (χ1n) is 45.7. The molecule has 11 N–H and O–H groups in total. The summed E-state index contributed by atoms with van der Waals surface area (Å²) in [7, 11) is 10.1. The van der Waals surface area contributed by atoms with Gasteiger partial charge in [-0.2, -0.15) is 0 Å². The van der Waals surface area contributed by atoms with Crippen molar-refractivity contribution in [3.05, 3.63) is 60.8 Å². The Hall–Kier alpha value is -3.81. The number of aliphatic hydroxyl groups excluding tert-OH is 6. The number of amides is 1. The van der Waals surface area contributed by atoms with Crippen LogP contribution in [-0.4, -0.2) is 320 Å². The molecule has 0 aromatic carbocycles. The second kappa shape index (κ2) is 49.4. The van der Waals surface area contributed by atoms with Crippen LogP contribution in [0.4, 0.5) is 0 Å². The molecule has 0 aromatic heterocycles. The van der Waals surface area contributed by atoms with E-state index in [0.29, 0.717) is 32.4 Å². The number of esters is 2. The third-order valence-electron chi connectivity index (χ3n) is 27.3. The molecule has 0 aliphatic carbocycles. The summed E-state index contributed by atoms with van der Waals surface area (Å²) < 4.78 is 75.4. The van der Waals surface area contributed by atoms with Gasteiger partial charge in [-0.25, -0.2) is 0 Å². The predicted octanol–water partition coefficient (Wildman–Crippen LogP) is 9.28. The van der Waals surface area contributed by atoms with Gasteiger partial charge in [-0.05, 0) is 213 Å². The van der Waals surface area contributed by atoms with Crippen LogP contribution in [0.25, 0.3) is 0 Å². The maximum Gasteiger partial charge on any atom is 0.311 e. The summed E-state index contributed by atoms with van der Waals surface area (Å²) in [6.45, 7) is 37.9. The van der Waals surface area contributed by atoms with Crippen LogP contribution in [0.3, 0.4) is 0 Å². The summed E-state index contributed by atoms with van der Waals surface area (Å²) in [6.07, 6.45) is 9.99. The van der Waals surface area contributed by atoms with E-state index in [0.717, 1.165) is 38.5 Å². The lowest BCUT2D eigenvalue weighted by atomic mass is 9.77. The molecule has 29 heteroatoms. The minimum absolute atomic E-state index is 0.0913. The highest BCUT2D eigenvalue weighted by Crippen LogP contribution is 2.44. The van der Waals surface area contributed by atoms with Crippen molar-refractivity contribution in [2.75, 3.05) is 55.5 Å². The molecule has 0 spiro atoms. The normalized spacial score (nSPS) is 44.0. The highest BCUT2D eigenvalue weighted by molar-refractivity contribution is 5.76. The first kappa shape index (κ1) is 110. The van der Waals surface area contributed by atoms with E-state index in [1.54, 1.807) is 109 Å². The molecular weight excluding hydrogens is 1590 g/mol. The molecule has 6 heterocycles. The quantitative estimate of drug-likeness (QED) is 0.0207. The molecule has 6 fully saturated rings. The van der Waals surface area contributed by atoms with Crippen LogP contribution < -0.4 is 5.32 Å². The molecule has 6 aliphatic heterocycles. The van der Waals surface area contributed by atoms with Crippen LogP contribution in [0.2, 0.25) is 0 Å². The Kier molecular flexibility index (Phi) is 44.1. The van der Waals surface area contributed by atoms with Crippen molar-refractivity contribution in [1.82, 2.24) is 20.0 Å². The minimum Gasteiger partial charge on any atom is -0.459 e. The van der Waals surface area contributed by atoms with Gasteiger partial charge in [0, 0.05) is 83.6 Å². The molecule has 6 rings (SSSR count). The van der Waals surface area contributed by atoms with E-state index in [2.05, 4.69) is 73.0 Å². The van der Waals surface area contributed by atoms with Gasteiger partial charge in [0.25, 0.3) is 0 Å². The van der Waals surface area contributed by atoms with Gasteiger partial charge in [0.2, 0.25) is 5.91 Å². The average Bonchev–Trinajstić information content (AvgIpc) is 1.74. The molecule has 0 saturated carbocycles. The highest BCUT2D eigenvalue weighted by atomic mass is 16.7. The van der Waals surface area contributed by atoms with Crippen LogP contribution in [-0.2, 0) is 71.2 Å². The third-order valence-corrected chi connectivity index (χ3v) is 27.3. The minimum atomic E-state index is -1.84. The lowest BCUT2D eigenvalue weighted by molar-refractivity contribution is -0.317. The molecule has 714 valence electrons. The Morgan fingerprint density at radius 2 is 0.878 bits per heavy atom. The number of allylic oxidation sites excluding steroid dienone is 10. The smallest absolute Gasteiger partial charge is 0.311 e. The molecule has 0 unspecified atom stereocenters. The van der Waals surface area contributed by atoms with Gasteiger partial charge < -0.3 is 128 Å². The second-order valence-electron chi connectivity index (χ2n) is 38.3. The molecule has 36 atom stereocenters. The van der Waals surface area contributed by atoms with Crippen LogP contribution in [0.1, 0.15) is 248 Å². The molecular formula is C94H168N4O25. The number of aliphatic hydroxyl groups is 10. The van der Waals surface area contributed by atoms with Crippen LogP contribution >= 0.6 is 0 Å². The first-order chi connectivity index (χ1) is 57.4. The fraction of sp³-hybridized carbons (Fsp3) is 0.862. The van der Waals surface area contributed by atoms with Gasteiger partial charge in [0.05, 0.1) is 89.1 Å². The van der Waals surface area contributed by atoms with Crippen LogP contribution in [0.5, 0.6) is 0 Å². The first-order valence-corrected chi connectivity index (χ1v) is 45.7. The molecule has 0 aromatic rings. The summed E-state index contributed by atoms with van der Waals surface area (Å²) in [4.78, 5) is 47.7. The van der Waals surface area contributed by atoms with Crippen molar-refractivity contribution < 1.29 is 122 Å². The SMILES string of the molecule is CC/C=C\C/C=C\C/C=C\C/C=C\C/C=C\CCCC(=O)N(C)[C@H]1C[C@@H](C)O[C@@H](O[C@@H]2[C@@H](C)[C@H](O[C@H]3C[C@@](C)(OC)[C@@H](O)[C@H](C)O3)[C@@H](C)C(=O)O[C@H](CC)[C@@](C)(O)[C@H](O)[C@@H](C)N(C)C[C@H](C)C[C@@]2(C)O)[C@@H]1O.CC[C@H]1OC(=O)[C@H](C)[C@@H](O[C@H]2C[C@@](C)(OC)[C@@H](O)[C@H](C)O2)[C@H](C)[C@@H](O[C@@H]2O[C@H](C)C[C@H](NC)[C@H]2O)[C@](C)(O)C[C@@H](C)CN(C)[C@H](C)[C@@H](O)[C@]1(C)O. The lowest BCUT2D eigenvalue weighted by Crippen LogP contribution is -2.61. The van der Waals surface area contributed by atoms with Crippen molar-refractivity contribution in [2.45, 2.75) is 429 Å². The average molecular weight is 1750 g/mol. The standard InChI is InChI=1S/C57H98N2O13.C37H70N2O12/c1-15-17-18-19-20-21-22-23-24-25-26-27-28-29-30-31-32-33-46(60)59(13)44-34-39(4)68-54(48(44)61)72-52-40(5)49(71-47-36-56(10,67-14)51(63)43(8)69-47)41(6)53(64)70-45(16-2)57(11,66)50(62)42(7)58(12)37-38(3)35-55(52,9)65;1-14-26-37(10,45)30(41)23(6)39(12)18-19(2)16-35(8,44)32(51-34-28(40)25(38-11)15-20(3)47-34)21(4)29(22(5)33(43)49-26)50-27-17-36(9,46-13)31(42)24(7)48-27/h17-18,20-21,23-24,26-27,29-30,38-45,47-52,54,61-63,65-66H,15-16,19,22,25,28,31-37H2,1-14H3;19-32,34,38,40-42,44-45H,14-18H2,1-13H3/b18-17-,21-20-,24-23-,27-26-,30-29-;/t38-,39-,40+,41-,42-,43+,44+,45-,47+,48-,49+,50-,51+,52-,54+,55-,56-,57-;19-,20-,21+,22-,23-,24+,25+,26-,27+,28-,29+,30-,31+,32-,34+,35-,36-,37-/m11/s1. The summed E-state index contributed by atoms with van der Waals surface area (Å²) in [5.41, 5.74) is -8.94. The fourth-order valence-electron chi connectivity index (χ4n) is 19.2. The van der Waals surface area contributed by atoms with Crippen molar-refractivity contribution in [3.63, 3.8) is 0 Å². The number of unbranched alkanes of at least 4 members (excludes halogenated alkanes) is 1. The molecule has 0 bridgehead atoms. The van der Waals surface area contributed by atoms with Crippen molar-refractivity contribution in [3.8, 4) is 0 Å². The molecule has 29 nitrogen and oxygen atoms in total. The second-order valence-corrected chi connectivity index (χ2v) is 38.3. The zero-order chi connectivity index (χ0) is 92.8. The number of methoxy groups -OCH3 is 2. The Balaban J connectivity index is 0.000000463. The summed E-state index contributed by atoms with van der Waals surface area (Å²) in [6, 6.07) is -2.11. The van der Waals surface area contributed by atoms with Crippen LogP contribution in [0, 0.1) is 35.5 Å². The van der Waals surface area contributed by atoms with E-state index in [9.17, 15) is 65.4 Å². The van der Waals surface area contributed by atoms with E-state index in [1.807, 2.05) is 58.5 Å². The van der Waals surface area contributed by atoms with E-state index in [4.69, 9.17) is 56.8 Å². The number of hydrogen-bond donors (Lipinski definition) is 11. The number of rotatable bonds is 27. The van der Waals surface area contributed by atoms with Gasteiger partial charge in [0.1, 0.15) is 60.0 Å². The van der Waals surface area contributed by atoms with Gasteiger partial charge in [-0.15, -0.1) is 0 Å². The Morgan fingerprint density at radius 1 is 0.512 bits per heavy atom. The Morgan fingerprint density at radius 3 is 1.24 bits per heavy atom. The number of carbonyl (C=O) groups is 3. The van der Waals surface area contributed by atoms with Crippen LogP contribution in [0.15, 0.2) is 60.8 Å². The lowest BCUT2D eigenvalue weighted by Gasteiger charge is -2.49. The fourth-order valence-corrected chi connectivity index (χ4v) is 19.2. The number of cyclic esters (lactones) is 2. The van der Waals surface area contributed by atoms with E-state index in [1.165, 1.54) is 28.1 Å². The van der Waals surface area contributed by atoms with Gasteiger partial charge in [-0.1, -0.05) is 109 Å². The summed E-state index contributed by atoms with van der Waals surface area (Å²) in [5, 5.41) is 120. The largest absolute Gasteiger partial charge is 0.459 e. The predicted molar refractivity (Wildman–Crippen MR) is 471 cm³/mol. The van der Waals surface area contributed by atoms with Crippen molar-refractivity contribution in [1.29, 1.82) is 0 Å². The topological polar surface area (TPSA) is 386 Å². The summed E-state index contributed by atoms with van der Waals surface area (Å²) in [5.74, 6) is -5.56. The Bertz CT molecular complexity index is 3290. The molecule has 1 amide bonds. The molecule has 6 saturated heterocycles. The monoisotopic (exact) mass is 1750 g/mol. The van der Waals surface area contributed by atoms with Gasteiger partial charge in [0.15, 0.2) is 25.2 Å². The molecule has 0 radical (unpaired) electrons. The summed E-state index contributed by atoms with van der Waals surface area (Å²) >= 11 is 0. The van der Waals surface area contributed by atoms with E-state index >= 15 is 0 Å². The number of hydrogen-bond acceptors (Lipinski definition) is 28. The Labute approximate surface area is 737 Å². The maximum absolute atomic E-state index is 14.5.